The minimum Gasteiger partial charge on any atom is -0.355 e. The van der Waals surface area contributed by atoms with Crippen molar-refractivity contribution >= 4 is 27.3 Å². The number of hydrogen-bond donors (Lipinski definition) is 3. The third kappa shape index (κ3) is 6.48. The fraction of sp³-hybridized carbons (Fsp3) is 0.667. The lowest BCUT2D eigenvalue weighted by Gasteiger charge is -2.25. The summed E-state index contributed by atoms with van der Waals surface area (Å²) in [4.78, 5) is 6.60. The Morgan fingerprint density at radius 1 is 1.35 bits per heavy atom. The zero-order valence-electron chi connectivity index (χ0n) is 13.8. The summed E-state index contributed by atoms with van der Waals surface area (Å²) in [5, 5.41) is 6.23. The van der Waals surface area contributed by atoms with Crippen molar-refractivity contribution in [3.63, 3.8) is 0 Å². The van der Waals surface area contributed by atoms with Crippen LogP contribution in [-0.2, 0) is 16.6 Å². The molecular weight excluding hydrogens is 332 g/mol. The fourth-order valence-electron chi connectivity index (χ4n) is 2.29. The Hall–Kier alpha value is -1.12. The zero-order chi connectivity index (χ0) is 16.7. The second-order valence-electron chi connectivity index (χ2n) is 5.83. The molecule has 1 aliphatic rings. The molecular formula is C15H26N4O2S2. The number of aliphatic imine (C=N–C) groups is 1. The van der Waals surface area contributed by atoms with Gasteiger partial charge >= 0.3 is 0 Å². The first-order valence-electron chi connectivity index (χ1n) is 7.95. The van der Waals surface area contributed by atoms with Crippen molar-refractivity contribution in [2.24, 2.45) is 10.9 Å². The molecule has 0 atom stereocenters. The molecule has 0 unspecified atom stereocenters. The Kier molecular flexibility index (Phi) is 6.86. The van der Waals surface area contributed by atoms with Crippen LogP contribution in [0.4, 0.5) is 0 Å². The second kappa shape index (κ2) is 8.65. The number of sulfonamides is 1. The molecule has 1 aliphatic carbocycles. The Balaban J connectivity index is 1.66. The van der Waals surface area contributed by atoms with E-state index in [0.29, 0.717) is 31.5 Å². The minimum absolute atomic E-state index is 0.0541. The highest BCUT2D eigenvalue weighted by Crippen LogP contribution is 2.25. The van der Waals surface area contributed by atoms with Gasteiger partial charge in [0.15, 0.2) is 5.96 Å². The van der Waals surface area contributed by atoms with Gasteiger partial charge in [-0.05, 0) is 37.8 Å². The van der Waals surface area contributed by atoms with Gasteiger partial charge in [0.25, 0.3) is 0 Å². The smallest absolute Gasteiger partial charge is 0.213 e. The van der Waals surface area contributed by atoms with Crippen LogP contribution in [0.3, 0.4) is 0 Å². The van der Waals surface area contributed by atoms with E-state index < -0.39 is 10.0 Å². The fourth-order valence-corrected chi connectivity index (χ4v) is 4.12. The maximum Gasteiger partial charge on any atom is 0.213 e. The van der Waals surface area contributed by atoms with Gasteiger partial charge in [0.1, 0.15) is 0 Å². The number of nitrogens with zero attached hydrogens (tertiary/aromatic N) is 1. The van der Waals surface area contributed by atoms with Crippen molar-refractivity contribution in [3.8, 4) is 0 Å². The second-order valence-corrected chi connectivity index (χ2v) is 9.13. The van der Waals surface area contributed by atoms with Gasteiger partial charge in [-0.25, -0.2) is 13.1 Å². The van der Waals surface area contributed by atoms with E-state index in [2.05, 4.69) is 39.4 Å². The maximum atomic E-state index is 11.9. The Bertz CT molecular complexity index is 621. The lowest BCUT2D eigenvalue weighted by atomic mass is 9.86. The van der Waals surface area contributed by atoms with E-state index in [0.717, 1.165) is 12.8 Å². The SMILES string of the molecule is CN=C(NCCS(=O)(=O)NCC1CCC1)NCc1ccc(C)s1. The molecule has 1 aromatic heterocycles. The van der Waals surface area contributed by atoms with Crippen LogP contribution in [0, 0.1) is 12.8 Å². The molecule has 8 heteroatoms. The van der Waals surface area contributed by atoms with E-state index in [9.17, 15) is 8.42 Å². The quantitative estimate of drug-likeness (QED) is 0.485. The van der Waals surface area contributed by atoms with Gasteiger partial charge in [-0.1, -0.05) is 6.42 Å². The van der Waals surface area contributed by atoms with Crippen molar-refractivity contribution in [3.05, 3.63) is 21.9 Å². The van der Waals surface area contributed by atoms with Crippen LogP contribution in [0.15, 0.2) is 17.1 Å². The molecule has 130 valence electrons. The summed E-state index contributed by atoms with van der Waals surface area (Å²) in [5.41, 5.74) is 0. The molecule has 3 N–H and O–H groups in total. The summed E-state index contributed by atoms with van der Waals surface area (Å²) >= 11 is 1.73. The number of aryl methyl sites for hydroxylation is 1. The highest BCUT2D eigenvalue weighted by molar-refractivity contribution is 7.89. The first-order chi connectivity index (χ1) is 11.0. The molecule has 0 radical (unpaired) electrons. The number of nitrogens with one attached hydrogen (secondary N) is 3. The molecule has 0 saturated heterocycles. The molecule has 23 heavy (non-hydrogen) atoms. The minimum atomic E-state index is -3.21. The molecule has 1 aromatic rings. The van der Waals surface area contributed by atoms with E-state index >= 15 is 0 Å². The molecule has 0 spiro atoms. The number of guanidine groups is 1. The van der Waals surface area contributed by atoms with Crippen molar-refractivity contribution in [2.75, 3.05) is 25.9 Å². The van der Waals surface area contributed by atoms with E-state index in [4.69, 9.17) is 0 Å². The Morgan fingerprint density at radius 3 is 2.70 bits per heavy atom. The summed E-state index contributed by atoms with van der Waals surface area (Å²) in [6.07, 6.45) is 3.50. The average molecular weight is 359 g/mol. The van der Waals surface area contributed by atoms with Gasteiger partial charge in [-0.2, -0.15) is 0 Å². The zero-order valence-corrected chi connectivity index (χ0v) is 15.4. The number of thiophene rings is 1. The molecule has 0 aromatic carbocycles. The van der Waals surface area contributed by atoms with Crippen LogP contribution in [0.1, 0.15) is 29.0 Å². The van der Waals surface area contributed by atoms with Crippen molar-refractivity contribution < 1.29 is 8.42 Å². The van der Waals surface area contributed by atoms with Gasteiger partial charge in [0.05, 0.1) is 12.3 Å². The van der Waals surface area contributed by atoms with Crippen molar-refractivity contribution in [1.82, 2.24) is 15.4 Å². The molecule has 0 amide bonds. The molecule has 1 heterocycles. The molecule has 2 rings (SSSR count). The van der Waals surface area contributed by atoms with Gasteiger partial charge in [0, 0.05) is 29.9 Å². The summed E-state index contributed by atoms with van der Waals surface area (Å²) in [7, 11) is -1.53. The first-order valence-corrected chi connectivity index (χ1v) is 10.4. The van der Waals surface area contributed by atoms with E-state index in [1.54, 1.807) is 18.4 Å². The summed E-state index contributed by atoms with van der Waals surface area (Å²) in [5.74, 6) is 1.20. The number of rotatable bonds is 8. The largest absolute Gasteiger partial charge is 0.355 e. The van der Waals surface area contributed by atoms with Crippen LogP contribution in [0.25, 0.3) is 0 Å². The standard InChI is InChI=1S/C15H26N4O2S2/c1-12-6-7-14(22-12)11-18-15(16-2)17-8-9-23(20,21)19-10-13-4-3-5-13/h6-7,13,19H,3-5,8-11H2,1-2H3,(H2,16,17,18). The molecule has 1 saturated carbocycles. The number of hydrogen-bond acceptors (Lipinski definition) is 4. The average Bonchev–Trinajstić information content (AvgIpc) is 2.86. The third-order valence-electron chi connectivity index (χ3n) is 3.93. The highest BCUT2D eigenvalue weighted by Gasteiger charge is 2.20. The lowest BCUT2D eigenvalue weighted by Crippen LogP contribution is -2.41. The lowest BCUT2D eigenvalue weighted by molar-refractivity contribution is 0.316. The predicted octanol–water partition coefficient (Wildman–Crippen LogP) is 1.44. The summed E-state index contributed by atoms with van der Waals surface area (Å²) in [6.45, 7) is 3.67. The van der Waals surface area contributed by atoms with E-state index in [1.807, 2.05) is 0 Å². The topological polar surface area (TPSA) is 82.6 Å². The van der Waals surface area contributed by atoms with Crippen molar-refractivity contribution in [1.29, 1.82) is 0 Å². The van der Waals surface area contributed by atoms with Crippen LogP contribution in [0.5, 0.6) is 0 Å². The predicted molar refractivity (Wildman–Crippen MR) is 96.4 cm³/mol. The molecule has 1 fully saturated rings. The molecule has 0 bridgehead atoms. The third-order valence-corrected chi connectivity index (χ3v) is 6.28. The monoisotopic (exact) mass is 358 g/mol. The van der Waals surface area contributed by atoms with Gasteiger partial charge in [0.2, 0.25) is 10.0 Å². The molecule has 0 aliphatic heterocycles. The van der Waals surface area contributed by atoms with Gasteiger partial charge < -0.3 is 10.6 Å². The van der Waals surface area contributed by atoms with Crippen molar-refractivity contribution in [2.45, 2.75) is 32.7 Å². The van der Waals surface area contributed by atoms with Crippen LogP contribution in [0.2, 0.25) is 0 Å². The van der Waals surface area contributed by atoms with Crippen LogP contribution < -0.4 is 15.4 Å². The Labute approximate surface area is 142 Å². The summed E-state index contributed by atoms with van der Waals surface area (Å²) in [6, 6.07) is 4.16. The Morgan fingerprint density at radius 2 is 2.13 bits per heavy atom. The van der Waals surface area contributed by atoms with Gasteiger partial charge in [-0.15, -0.1) is 11.3 Å². The first kappa shape index (κ1) is 18.2. The highest BCUT2D eigenvalue weighted by atomic mass is 32.2. The normalized spacial score (nSPS) is 16.2. The van der Waals surface area contributed by atoms with E-state index in [1.165, 1.54) is 16.2 Å². The summed E-state index contributed by atoms with van der Waals surface area (Å²) < 4.78 is 26.5. The van der Waals surface area contributed by atoms with E-state index in [-0.39, 0.29) is 5.75 Å². The van der Waals surface area contributed by atoms with Crippen LogP contribution in [-0.4, -0.2) is 40.3 Å². The van der Waals surface area contributed by atoms with Crippen LogP contribution >= 0.6 is 11.3 Å². The molecule has 6 nitrogen and oxygen atoms in total. The maximum absolute atomic E-state index is 11.9. The van der Waals surface area contributed by atoms with Gasteiger partial charge in [-0.3, -0.25) is 4.99 Å².